The highest BCUT2D eigenvalue weighted by Gasteiger charge is 2.01. The molecule has 2 rings (SSSR count). The average molecular weight is 241 g/mol. The lowest BCUT2D eigenvalue weighted by atomic mass is 10.4. The first-order chi connectivity index (χ1) is 8.59. The zero-order valence-electron chi connectivity index (χ0n) is 10.5. The van der Waals surface area contributed by atoms with Crippen molar-refractivity contribution in [1.29, 1.82) is 0 Å². The number of hydrogen-bond donors (Lipinski definition) is 1. The molecular weight excluding hydrogens is 226 g/mol. The van der Waals surface area contributed by atoms with Gasteiger partial charge in [-0.25, -0.2) is 9.98 Å². The second-order valence-corrected chi connectivity index (χ2v) is 4.06. The van der Waals surface area contributed by atoms with Crippen molar-refractivity contribution in [3.8, 4) is 5.69 Å². The molecule has 0 aliphatic carbocycles. The Balaban J connectivity index is 2.62. The highest BCUT2D eigenvalue weighted by molar-refractivity contribution is 5.82. The van der Waals surface area contributed by atoms with E-state index in [2.05, 4.69) is 21.5 Å². The van der Waals surface area contributed by atoms with Crippen molar-refractivity contribution in [2.45, 2.75) is 13.8 Å². The molecule has 2 N–H and O–H groups in total. The van der Waals surface area contributed by atoms with Gasteiger partial charge in [0.05, 0.1) is 11.0 Å². The fraction of sp³-hybridized carbons (Fsp3) is 0.154. The molecule has 0 unspecified atom stereocenters. The third-order valence-electron chi connectivity index (χ3n) is 2.39. The maximum Gasteiger partial charge on any atom is 0.151 e. The quantitative estimate of drug-likeness (QED) is 0.763. The number of aliphatic imine (C=N–C) groups is 1. The maximum absolute atomic E-state index is 5.89. The van der Waals surface area contributed by atoms with Gasteiger partial charge in [-0.2, -0.15) is 0 Å². The molecule has 0 saturated heterocycles. The van der Waals surface area contributed by atoms with Crippen LogP contribution in [0.1, 0.15) is 13.8 Å². The van der Waals surface area contributed by atoms with Crippen LogP contribution in [0.25, 0.3) is 18.1 Å². The number of aromatic nitrogens is 3. The molecule has 0 atom stereocenters. The van der Waals surface area contributed by atoms with Crippen molar-refractivity contribution in [1.82, 2.24) is 14.5 Å². The summed E-state index contributed by atoms with van der Waals surface area (Å²) in [6.45, 7) is 7.76. The SMILES string of the molecule is C=c1/c(=C(/N)N=C(C)C)ncn1-c1ccncc1. The monoisotopic (exact) mass is 241 g/mol. The Morgan fingerprint density at radius 2 is 2.00 bits per heavy atom. The fourth-order valence-electron chi connectivity index (χ4n) is 1.61. The van der Waals surface area contributed by atoms with Crippen molar-refractivity contribution < 1.29 is 0 Å². The highest BCUT2D eigenvalue weighted by Crippen LogP contribution is 1.99. The number of nitrogens with zero attached hydrogens (tertiary/aromatic N) is 4. The molecule has 18 heavy (non-hydrogen) atoms. The Morgan fingerprint density at radius 1 is 1.33 bits per heavy atom. The van der Waals surface area contributed by atoms with Crippen LogP contribution >= 0.6 is 0 Å². The summed E-state index contributed by atoms with van der Waals surface area (Å²) in [5, 5.41) is 1.32. The molecule has 0 radical (unpaired) electrons. The molecule has 0 fully saturated rings. The maximum atomic E-state index is 5.89. The van der Waals surface area contributed by atoms with E-state index in [1.165, 1.54) is 0 Å². The van der Waals surface area contributed by atoms with E-state index < -0.39 is 0 Å². The molecule has 2 aromatic heterocycles. The Labute approximate surface area is 105 Å². The van der Waals surface area contributed by atoms with Crippen molar-refractivity contribution in [3.05, 3.63) is 41.6 Å². The molecule has 0 saturated carbocycles. The summed E-state index contributed by atoms with van der Waals surface area (Å²) < 4.78 is 1.85. The van der Waals surface area contributed by atoms with Gasteiger partial charge >= 0.3 is 0 Å². The molecule has 0 aromatic carbocycles. The van der Waals surface area contributed by atoms with Gasteiger partial charge in [0.2, 0.25) is 0 Å². The van der Waals surface area contributed by atoms with Crippen LogP contribution in [0.15, 0.2) is 35.8 Å². The van der Waals surface area contributed by atoms with Crippen LogP contribution in [0.5, 0.6) is 0 Å². The minimum atomic E-state index is 0.382. The van der Waals surface area contributed by atoms with Crippen LogP contribution in [0, 0.1) is 0 Å². The van der Waals surface area contributed by atoms with Gasteiger partial charge < -0.3 is 5.73 Å². The minimum absolute atomic E-state index is 0.382. The lowest BCUT2D eigenvalue weighted by Crippen LogP contribution is -2.32. The van der Waals surface area contributed by atoms with E-state index in [0.29, 0.717) is 16.5 Å². The van der Waals surface area contributed by atoms with E-state index in [9.17, 15) is 0 Å². The van der Waals surface area contributed by atoms with E-state index >= 15 is 0 Å². The van der Waals surface area contributed by atoms with Crippen LogP contribution in [-0.4, -0.2) is 20.2 Å². The smallest absolute Gasteiger partial charge is 0.151 e. The van der Waals surface area contributed by atoms with Crippen molar-refractivity contribution in [3.63, 3.8) is 0 Å². The third kappa shape index (κ3) is 2.29. The van der Waals surface area contributed by atoms with Gasteiger partial charge in [-0.05, 0) is 26.0 Å². The fourth-order valence-corrected chi connectivity index (χ4v) is 1.61. The Bertz CT molecular complexity index is 678. The molecule has 0 amide bonds. The summed E-state index contributed by atoms with van der Waals surface area (Å²) >= 11 is 0. The van der Waals surface area contributed by atoms with E-state index in [1.54, 1.807) is 18.7 Å². The van der Waals surface area contributed by atoms with Gasteiger partial charge in [0.15, 0.2) is 5.82 Å². The van der Waals surface area contributed by atoms with Gasteiger partial charge in [-0.1, -0.05) is 6.58 Å². The molecule has 5 nitrogen and oxygen atoms in total. The standard InChI is InChI=1S/C13H15N5/c1-9(2)17-13(14)12-10(3)18(8-16-12)11-4-6-15-7-5-11/h4-8H,3,14H2,1-2H3/b13-12+. The zero-order valence-corrected chi connectivity index (χ0v) is 10.5. The number of nitrogens with two attached hydrogens (primary N) is 1. The van der Waals surface area contributed by atoms with Gasteiger partial charge in [0, 0.05) is 18.1 Å². The summed E-state index contributed by atoms with van der Waals surface area (Å²) in [5.41, 5.74) is 7.71. The molecular formula is C13H15N5. The van der Waals surface area contributed by atoms with Crippen molar-refractivity contribution in [2.24, 2.45) is 10.7 Å². The van der Waals surface area contributed by atoms with E-state index in [1.807, 2.05) is 30.5 Å². The predicted octanol–water partition coefficient (Wildman–Crippen LogP) is 0.183. The largest absolute Gasteiger partial charge is 0.382 e. The van der Waals surface area contributed by atoms with Crippen LogP contribution < -0.4 is 16.4 Å². The van der Waals surface area contributed by atoms with Crippen LogP contribution in [0.4, 0.5) is 0 Å². The first-order valence-electron chi connectivity index (χ1n) is 5.54. The molecule has 0 bridgehead atoms. The molecule has 2 heterocycles. The van der Waals surface area contributed by atoms with Crippen molar-refractivity contribution in [2.75, 3.05) is 0 Å². The topological polar surface area (TPSA) is 69.1 Å². The Hall–Kier alpha value is -2.43. The van der Waals surface area contributed by atoms with E-state index in [-0.39, 0.29) is 0 Å². The lowest BCUT2D eigenvalue weighted by Gasteiger charge is -2.00. The number of imidazole rings is 1. The zero-order chi connectivity index (χ0) is 13.1. The molecule has 0 aliphatic heterocycles. The van der Waals surface area contributed by atoms with Gasteiger partial charge in [0.1, 0.15) is 11.7 Å². The van der Waals surface area contributed by atoms with Crippen molar-refractivity contribution >= 4 is 18.1 Å². The molecule has 92 valence electrons. The average Bonchev–Trinajstić information content (AvgIpc) is 2.71. The lowest BCUT2D eigenvalue weighted by molar-refractivity contribution is 1.01. The highest BCUT2D eigenvalue weighted by atomic mass is 15.1. The summed E-state index contributed by atoms with van der Waals surface area (Å²) in [6, 6.07) is 3.76. The minimum Gasteiger partial charge on any atom is -0.382 e. The van der Waals surface area contributed by atoms with E-state index in [0.717, 1.165) is 11.4 Å². The van der Waals surface area contributed by atoms with Gasteiger partial charge in [-0.3, -0.25) is 9.55 Å². The number of pyridine rings is 1. The number of hydrogen-bond acceptors (Lipinski definition) is 4. The Kier molecular flexibility index (Phi) is 3.23. The summed E-state index contributed by atoms with van der Waals surface area (Å²) in [4.78, 5) is 12.4. The summed E-state index contributed by atoms with van der Waals surface area (Å²) in [5.74, 6) is 0.382. The van der Waals surface area contributed by atoms with Gasteiger partial charge in [0.25, 0.3) is 0 Å². The number of rotatable bonds is 2. The second-order valence-electron chi connectivity index (χ2n) is 4.06. The van der Waals surface area contributed by atoms with E-state index in [4.69, 9.17) is 5.73 Å². The van der Waals surface area contributed by atoms with Gasteiger partial charge in [-0.15, -0.1) is 0 Å². The molecule has 0 spiro atoms. The predicted molar refractivity (Wildman–Crippen MR) is 72.5 cm³/mol. The third-order valence-corrected chi connectivity index (χ3v) is 2.39. The van der Waals surface area contributed by atoms with Crippen LogP contribution in [-0.2, 0) is 0 Å². The van der Waals surface area contributed by atoms with Crippen LogP contribution in [0.3, 0.4) is 0 Å². The summed E-state index contributed by atoms with van der Waals surface area (Å²) in [6.07, 6.45) is 5.12. The first kappa shape index (κ1) is 12.0. The Morgan fingerprint density at radius 3 is 2.61 bits per heavy atom. The molecule has 0 aliphatic rings. The first-order valence-corrected chi connectivity index (χ1v) is 5.54. The second kappa shape index (κ2) is 4.83. The molecule has 5 heteroatoms. The van der Waals surface area contributed by atoms with Crippen LogP contribution in [0.2, 0.25) is 0 Å². The molecule has 2 aromatic rings. The summed E-state index contributed by atoms with van der Waals surface area (Å²) in [7, 11) is 0. The normalized spacial score (nSPS) is 12.1.